The Balaban J connectivity index is 1.61. The normalized spacial score (nSPS) is 30.6. The Morgan fingerprint density at radius 2 is 2.00 bits per heavy atom. The summed E-state index contributed by atoms with van der Waals surface area (Å²) in [5.74, 6) is -0.458. The quantitative estimate of drug-likeness (QED) is 0.329. The molecule has 3 rings (SSSR count). The minimum absolute atomic E-state index is 0.0718. The zero-order valence-corrected chi connectivity index (χ0v) is 16.8. The maximum Gasteiger partial charge on any atom is 0.418 e. The summed E-state index contributed by atoms with van der Waals surface area (Å²) in [7, 11) is -0.830. The zero-order chi connectivity index (χ0) is 20.6. The van der Waals surface area contributed by atoms with E-state index in [1.165, 1.54) is 4.90 Å². The van der Waals surface area contributed by atoms with Gasteiger partial charge in [-0.3, -0.25) is 14.8 Å². The number of carbonyl (C=O) groups excluding carboxylic acids is 2. The summed E-state index contributed by atoms with van der Waals surface area (Å²) >= 11 is 0. The van der Waals surface area contributed by atoms with Gasteiger partial charge in [0.25, 0.3) is 0 Å². The highest BCUT2D eigenvalue weighted by Gasteiger charge is 2.48. The summed E-state index contributed by atoms with van der Waals surface area (Å²) in [5, 5.41) is 11.6. The molecule has 2 bridgehead atoms. The lowest BCUT2D eigenvalue weighted by Crippen LogP contribution is -2.52. The van der Waals surface area contributed by atoms with Crippen molar-refractivity contribution in [2.75, 3.05) is 20.6 Å². The monoisotopic (exact) mass is 417 g/mol. The molecule has 12 heteroatoms. The topological polar surface area (TPSA) is 143 Å². The number of rotatable bonds is 5. The van der Waals surface area contributed by atoms with Crippen LogP contribution in [0.15, 0.2) is 0 Å². The van der Waals surface area contributed by atoms with Crippen LogP contribution in [0.4, 0.5) is 4.79 Å². The Morgan fingerprint density at radius 3 is 2.64 bits per heavy atom. The molecule has 11 nitrogen and oxygen atoms in total. The molecule has 28 heavy (non-hydrogen) atoms. The van der Waals surface area contributed by atoms with E-state index in [4.69, 9.17) is 9.96 Å². The van der Waals surface area contributed by atoms with Crippen LogP contribution in [0.5, 0.6) is 0 Å². The number of hydrogen-bond acceptors (Lipinski definition) is 7. The van der Waals surface area contributed by atoms with Crippen molar-refractivity contribution in [2.24, 2.45) is 5.92 Å². The molecule has 4 atom stereocenters. The number of carbonyl (C=O) groups is 2. The van der Waals surface area contributed by atoms with Gasteiger partial charge in [-0.15, -0.1) is 4.28 Å². The molecule has 3 fully saturated rings. The molecular formula is C16H27N5O6S. The van der Waals surface area contributed by atoms with Crippen LogP contribution in [-0.2, 0) is 19.5 Å². The molecule has 0 spiro atoms. The van der Waals surface area contributed by atoms with Gasteiger partial charge in [-0.25, -0.2) is 4.79 Å². The molecule has 0 aromatic carbocycles. The van der Waals surface area contributed by atoms with Crippen molar-refractivity contribution in [2.45, 2.75) is 56.7 Å². The van der Waals surface area contributed by atoms with Crippen molar-refractivity contribution in [1.29, 1.82) is 5.41 Å². The predicted octanol–water partition coefficient (Wildman–Crippen LogP) is 0.203. The average molecular weight is 417 g/mol. The smallest absolute Gasteiger partial charge is 0.313 e. The maximum absolute atomic E-state index is 12.6. The third-order valence-electron chi connectivity index (χ3n) is 5.84. The summed E-state index contributed by atoms with van der Waals surface area (Å²) in [5.41, 5.74) is 0. The standard InChI is InChI=1S/C16H27N5O6S/c1-19(2)11-5-3-4-10(8-11)15(22)18-14(17)13-7-6-12-9-20(13)16(23)21(12)27-28(24,25)26/h10-13H,3-9H2,1-2H3,(H2,17,18,22)(H,24,25,26)/t10?,11?,12-,13+/m1/s1. The molecule has 3 amide bonds. The van der Waals surface area contributed by atoms with Crippen molar-refractivity contribution in [3.63, 3.8) is 0 Å². The first-order valence-electron chi connectivity index (χ1n) is 9.39. The predicted molar refractivity (Wildman–Crippen MR) is 98.7 cm³/mol. The first kappa shape index (κ1) is 21.0. The highest BCUT2D eigenvalue weighted by Crippen LogP contribution is 2.31. The minimum atomic E-state index is -4.81. The summed E-state index contributed by atoms with van der Waals surface area (Å²) in [6.45, 7) is 0.170. The van der Waals surface area contributed by atoms with Gasteiger partial charge in [0.2, 0.25) is 5.91 Å². The number of piperidine rings is 1. The molecule has 3 N–H and O–H groups in total. The average Bonchev–Trinajstić information content (AvgIpc) is 2.85. The molecule has 2 aliphatic heterocycles. The Morgan fingerprint density at radius 1 is 1.29 bits per heavy atom. The number of hydroxylamine groups is 2. The molecule has 1 saturated carbocycles. The lowest BCUT2D eigenvalue weighted by Gasteiger charge is -2.34. The first-order chi connectivity index (χ1) is 13.1. The van der Waals surface area contributed by atoms with E-state index in [0.29, 0.717) is 23.9 Å². The second-order valence-corrected chi connectivity index (χ2v) is 8.90. The minimum Gasteiger partial charge on any atom is -0.313 e. The van der Waals surface area contributed by atoms with Crippen LogP contribution < -0.4 is 5.32 Å². The fourth-order valence-electron chi connectivity index (χ4n) is 4.32. The Bertz CT molecular complexity index is 757. The Hall–Kier alpha value is -1.76. The van der Waals surface area contributed by atoms with E-state index in [9.17, 15) is 18.0 Å². The molecule has 1 aliphatic carbocycles. The van der Waals surface area contributed by atoms with Crippen LogP contribution in [-0.4, -0.2) is 84.4 Å². The molecular weight excluding hydrogens is 390 g/mol. The molecule has 2 saturated heterocycles. The van der Waals surface area contributed by atoms with Gasteiger partial charge in [-0.1, -0.05) is 6.42 Å². The molecule has 2 unspecified atom stereocenters. The summed E-state index contributed by atoms with van der Waals surface area (Å²) in [6.07, 6.45) is 4.29. The fraction of sp³-hybridized carbons (Fsp3) is 0.812. The molecule has 0 radical (unpaired) electrons. The third-order valence-corrected chi connectivity index (χ3v) is 6.19. The highest BCUT2D eigenvalue weighted by atomic mass is 32.3. The van der Waals surface area contributed by atoms with Gasteiger partial charge in [0.15, 0.2) is 0 Å². The number of nitrogens with one attached hydrogen (secondary N) is 2. The van der Waals surface area contributed by atoms with Crippen molar-refractivity contribution >= 4 is 28.2 Å². The highest BCUT2D eigenvalue weighted by molar-refractivity contribution is 7.80. The molecule has 0 aromatic heterocycles. The Labute approximate surface area is 164 Å². The van der Waals surface area contributed by atoms with Crippen LogP contribution in [0, 0.1) is 11.3 Å². The lowest BCUT2D eigenvalue weighted by molar-refractivity contribution is -0.125. The van der Waals surface area contributed by atoms with Gasteiger partial charge in [-0.2, -0.15) is 13.5 Å². The molecule has 3 aliphatic rings. The summed E-state index contributed by atoms with van der Waals surface area (Å²) < 4.78 is 35.1. The van der Waals surface area contributed by atoms with Gasteiger partial charge in [0, 0.05) is 18.5 Å². The van der Waals surface area contributed by atoms with Crippen LogP contribution in [0.25, 0.3) is 0 Å². The number of nitrogens with zero attached hydrogens (tertiary/aromatic N) is 3. The van der Waals surface area contributed by atoms with Gasteiger partial charge >= 0.3 is 16.4 Å². The van der Waals surface area contributed by atoms with E-state index in [1.807, 2.05) is 14.1 Å². The van der Waals surface area contributed by atoms with Crippen molar-refractivity contribution in [3.8, 4) is 0 Å². The Kier molecular flexibility index (Phi) is 5.94. The number of fused-ring (bicyclic) bond motifs is 2. The molecule has 2 heterocycles. The third kappa shape index (κ3) is 4.45. The van der Waals surface area contributed by atoms with Gasteiger partial charge in [0.05, 0.1) is 12.1 Å². The largest absolute Gasteiger partial charge is 0.418 e. The van der Waals surface area contributed by atoms with Gasteiger partial charge < -0.3 is 15.1 Å². The van der Waals surface area contributed by atoms with E-state index in [0.717, 1.165) is 25.7 Å². The van der Waals surface area contributed by atoms with E-state index in [2.05, 4.69) is 14.5 Å². The van der Waals surface area contributed by atoms with E-state index in [-0.39, 0.29) is 24.2 Å². The second kappa shape index (κ2) is 7.93. The van der Waals surface area contributed by atoms with Gasteiger partial charge in [0.1, 0.15) is 5.84 Å². The van der Waals surface area contributed by atoms with Crippen LogP contribution in [0.2, 0.25) is 0 Å². The van der Waals surface area contributed by atoms with E-state index >= 15 is 0 Å². The number of urea groups is 1. The SMILES string of the molecule is CN(C)C1CCCC(C(=O)NC(=N)[C@@H]2CC[C@@H]3CN2C(=O)N3OS(=O)(=O)O)C1. The van der Waals surface area contributed by atoms with E-state index in [1.54, 1.807) is 0 Å². The molecule has 0 aromatic rings. The number of amides is 3. The van der Waals surface area contributed by atoms with Crippen LogP contribution >= 0.6 is 0 Å². The number of hydrogen-bond donors (Lipinski definition) is 3. The first-order valence-corrected chi connectivity index (χ1v) is 10.8. The summed E-state index contributed by atoms with van der Waals surface area (Å²) in [6, 6.07) is -1.58. The fourth-order valence-corrected chi connectivity index (χ4v) is 4.71. The van der Waals surface area contributed by atoms with Crippen molar-refractivity contribution in [3.05, 3.63) is 0 Å². The number of amidine groups is 1. The lowest BCUT2D eigenvalue weighted by atomic mass is 9.84. The van der Waals surface area contributed by atoms with Crippen LogP contribution in [0.3, 0.4) is 0 Å². The molecule has 158 valence electrons. The van der Waals surface area contributed by atoms with Gasteiger partial charge in [-0.05, 0) is 46.2 Å². The summed E-state index contributed by atoms with van der Waals surface area (Å²) in [4.78, 5) is 28.5. The maximum atomic E-state index is 12.6. The zero-order valence-electron chi connectivity index (χ0n) is 16.0. The van der Waals surface area contributed by atoms with Crippen molar-refractivity contribution in [1.82, 2.24) is 20.2 Å². The van der Waals surface area contributed by atoms with Crippen LogP contribution in [0.1, 0.15) is 38.5 Å². The van der Waals surface area contributed by atoms with Crippen molar-refractivity contribution < 1.29 is 26.8 Å². The van der Waals surface area contributed by atoms with E-state index < -0.39 is 28.5 Å². The second-order valence-electron chi connectivity index (χ2n) is 7.89.